The van der Waals surface area contributed by atoms with Crippen molar-refractivity contribution in [3.05, 3.63) is 17.7 Å². The third-order valence-electron chi connectivity index (χ3n) is 3.81. The topological polar surface area (TPSA) is 57.9 Å². The summed E-state index contributed by atoms with van der Waals surface area (Å²) in [5, 5.41) is 0. The Morgan fingerprint density at radius 1 is 1.59 bits per heavy atom. The molecule has 0 spiro atoms. The van der Waals surface area contributed by atoms with Crippen LogP contribution in [0.3, 0.4) is 0 Å². The van der Waals surface area contributed by atoms with Crippen LogP contribution in [0, 0.1) is 0 Å². The Balaban J connectivity index is 2.12. The number of likely N-dealkylation sites (N-methyl/N-ethyl adjacent to an activating group) is 1. The maximum absolute atomic E-state index is 5.78. The number of piperidine rings is 1. The normalized spacial score (nSPS) is 22.9. The predicted molar refractivity (Wildman–Crippen MR) is 70.1 cm³/mol. The highest BCUT2D eigenvalue weighted by atomic mass is 15.1. The third kappa shape index (κ3) is 2.69. The number of likely N-dealkylation sites (tertiary alicyclic amines) is 1. The van der Waals surface area contributed by atoms with Crippen LogP contribution in [0.4, 0.5) is 0 Å². The average Bonchev–Trinajstić information content (AvgIpc) is 2.79. The average molecular weight is 236 g/mol. The van der Waals surface area contributed by atoms with E-state index in [1.165, 1.54) is 25.1 Å². The van der Waals surface area contributed by atoms with Crippen molar-refractivity contribution in [2.75, 3.05) is 26.7 Å². The zero-order chi connectivity index (χ0) is 12.5. The van der Waals surface area contributed by atoms with Crippen molar-refractivity contribution in [3.63, 3.8) is 0 Å². The summed E-state index contributed by atoms with van der Waals surface area (Å²) >= 11 is 0. The van der Waals surface area contributed by atoms with E-state index in [9.17, 15) is 0 Å². The van der Waals surface area contributed by atoms with Gasteiger partial charge in [-0.2, -0.15) is 0 Å². The van der Waals surface area contributed by atoms with E-state index in [0.717, 1.165) is 12.4 Å². The van der Waals surface area contributed by atoms with Crippen molar-refractivity contribution in [3.8, 4) is 0 Å². The van der Waals surface area contributed by atoms with Crippen LogP contribution in [-0.4, -0.2) is 41.5 Å². The van der Waals surface area contributed by atoms with Crippen molar-refractivity contribution in [2.24, 2.45) is 5.73 Å². The summed E-state index contributed by atoms with van der Waals surface area (Å²) in [7, 11) is 2.19. The molecule has 0 bridgehead atoms. The lowest BCUT2D eigenvalue weighted by molar-refractivity contribution is 0.248. The summed E-state index contributed by atoms with van der Waals surface area (Å²) in [6.45, 7) is 7.21. The van der Waals surface area contributed by atoms with Crippen LogP contribution in [0.2, 0.25) is 0 Å². The Hall–Kier alpha value is -0.870. The molecule has 2 heterocycles. The van der Waals surface area contributed by atoms with Gasteiger partial charge in [-0.15, -0.1) is 0 Å². The first kappa shape index (κ1) is 12.6. The second-order valence-corrected chi connectivity index (χ2v) is 5.88. The van der Waals surface area contributed by atoms with E-state index < -0.39 is 0 Å². The molecule has 4 nitrogen and oxygen atoms in total. The number of imidazole rings is 1. The fraction of sp³-hybridized carbons (Fsp3) is 0.769. The standard InChI is InChI=1S/C13H24N4/c1-13(2,9-14)12-15-7-11(16-12)10-5-4-6-17(3)8-10/h7,10H,4-6,8-9,14H2,1-3H3,(H,15,16). The molecule has 96 valence electrons. The monoisotopic (exact) mass is 236 g/mol. The highest BCUT2D eigenvalue weighted by molar-refractivity contribution is 5.14. The van der Waals surface area contributed by atoms with E-state index >= 15 is 0 Å². The Kier molecular flexibility index (Phi) is 3.54. The Labute approximate surface area is 104 Å². The SMILES string of the molecule is CN1CCCC(c2cnc(C(C)(C)CN)[nH]2)C1. The maximum Gasteiger partial charge on any atom is 0.113 e. The van der Waals surface area contributed by atoms with E-state index in [1.807, 2.05) is 6.20 Å². The second kappa shape index (κ2) is 4.78. The molecule has 1 atom stereocenters. The lowest BCUT2D eigenvalue weighted by Gasteiger charge is -2.29. The molecule has 1 unspecified atom stereocenters. The highest BCUT2D eigenvalue weighted by Crippen LogP contribution is 2.27. The van der Waals surface area contributed by atoms with Gasteiger partial charge in [0.05, 0.1) is 0 Å². The smallest absolute Gasteiger partial charge is 0.113 e. The van der Waals surface area contributed by atoms with Gasteiger partial charge >= 0.3 is 0 Å². The van der Waals surface area contributed by atoms with Crippen LogP contribution in [0.5, 0.6) is 0 Å². The molecule has 4 heteroatoms. The first-order valence-electron chi connectivity index (χ1n) is 6.47. The molecule has 1 fully saturated rings. The minimum absolute atomic E-state index is 0.0567. The van der Waals surface area contributed by atoms with Crippen LogP contribution in [-0.2, 0) is 5.41 Å². The summed E-state index contributed by atoms with van der Waals surface area (Å²) in [4.78, 5) is 10.4. The molecular formula is C13H24N4. The number of nitrogens with two attached hydrogens (primary N) is 1. The molecule has 1 aromatic heterocycles. The van der Waals surface area contributed by atoms with Crippen molar-refractivity contribution in [1.82, 2.24) is 14.9 Å². The summed E-state index contributed by atoms with van der Waals surface area (Å²) in [5.41, 5.74) is 6.99. The molecule has 0 aliphatic carbocycles. The van der Waals surface area contributed by atoms with Gasteiger partial charge in [0.25, 0.3) is 0 Å². The Morgan fingerprint density at radius 2 is 2.35 bits per heavy atom. The molecule has 0 saturated carbocycles. The van der Waals surface area contributed by atoms with E-state index in [0.29, 0.717) is 12.5 Å². The van der Waals surface area contributed by atoms with Gasteiger partial charge < -0.3 is 15.6 Å². The fourth-order valence-electron chi connectivity index (χ4n) is 2.40. The van der Waals surface area contributed by atoms with Crippen LogP contribution in [0.1, 0.15) is 44.1 Å². The number of aromatic nitrogens is 2. The molecule has 1 aliphatic rings. The predicted octanol–water partition coefficient (Wildman–Crippen LogP) is 1.46. The van der Waals surface area contributed by atoms with Crippen LogP contribution in [0.15, 0.2) is 6.20 Å². The van der Waals surface area contributed by atoms with Crippen LogP contribution >= 0.6 is 0 Å². The molecule has 0 aromatic carbocycles. The molecule has 0 radical (unpaired) electrons. The van der Waals surface area contributed by atoms with Crippen molar-refractivity contribution >= 4 is 0 Å². The summed E-state index contributed by atoms with van der Waals surface area (Å²) in [6.07, 6.45) is 4.53. The molecule has 1 aliphatic heterocycles. The lowest BCUT2D eigenvalue weighted by Crippen LogP contribution is -2.31. The van der Waals surface area contributed by atoms with E-state index in [-0.39, 0.29) is 5.41 Å². The Morgan fingerprint density at radius 3 is 3.00 bits per heavy atom. The van der Waals surface area contributed by atoms with Gasteiger partial charge in [-0.1, -0.05) is 13.8 Å². The number of nitrogens with zero attached hydrogens (tertiary/aromatic N) is 2. The molecule has 1 aromatic rings. The molecule has 1 saturated heterocycles. The summed E-state index contributed by atoms with van der Waals surface area (Å²) < 4.78 is 0. The van der Waals surface area contributed by atoms with Gasteiger partial charge in [0.15, 0.2) is 0 Å². The number of hydrogen-bond donors (Lipinski definition) is 2. The van der Waals surface area contributed by atoms with E-state index in [1.54, 1.807) is 0 Å². The van der Waals surface area contributed by atoms with Gasteiger partial charge in [-0.05, 0) is 26.4 Å². The zero-order valence-electron chi connectivity index (χ0n) is 11.2. The van der Waals surface area contributed by atoms with Crippen molar-refractivity contribution in [1.29, 1.82) is 0 Å². The third-order valence-corrected chi connectivity index (χ3v) is 3.81. The fourth-order valence-corrected chi connectivity index (χ4v) is 2.40. The van der Waals surface area contributed by atoms with E-state index in [4.69, 9.17) is 5.73 Å². The van der Waals surface area contributed by atoms with Crippen molar-refractivity contribution < 1.29 is 0 Å². The molecular weight excluding hydrogens is 212 g/mol. The van der Waals surface area contributed by atoms with Gasteiger partial charge in [-0.25, -0.2) is 4.98 Å². The van der Waals surface area contributed by atoms with Gasteiger partial charge in [0.1, 0.15) is 5.82 Å². The van der Waals surface area contributed by atoms with E-state index in [2.05, 4.69) is 35.8 Å². The van der Waals surface area contributed by atoms with Crippen molar-refractivity contribution in [2.45, 2.75) is 38.0 Å². The van der Waals surface area contributed by atoms with Gasteiger partial charge in [-0.3, -0.25) is 0 Å². The van der Waals surface area contributed by atoms with Gasteiger partial charge in [0.2, 0.25) is 0 Å². The first-order chi connectivity index (χ1) is 8.03. The number of hydrogen-bond acceptors (Lipinski definition) is 3. The lowest BCUT2D eigenvalue weighted by atomic mass is 9.93. The number of H-pyrrole nitrogens is 1. The minimum Gasteiger partial charge on any atom is -0.345 e. The molecule has 17 heavy (non-hydrogen) atoms. The number of nitrogens with one attached hydrogen (secondary N) is 1. The molecule has 0 amide bonds. The number of aromatic amines is 1. The molecule has 3 N–H and O–H groups in total. The minimum atomic E-state index is -0.0567. The summed E-state index contributed by atoms with van der Waals surface area (Å²) in [5.74, 6) is 1.62. The number of rotatable bonds is 3. The maximum atomic E-state index is 5.78. The highest BCUT2D eigenvalue weighted by Gasteiger charge is 2.25. The largest absolute Gasteiger partial charge is 0.345 e. The second-order valence-electron chi connectivity index (χ2n) is 5.88. The summed E-state index contributed by atoms with van der Waals surface area (Å²) in [6, 6.07) is 0. The van der Waals surface area contributed by atoms with Crippen LogP contribution < -0.4 is 5.73 Å². The molecule has 2 rings (SSSR count). The Bertz CT molecular complexity index is 369. The zero-order valence-corrected chi connectivity index (χ0v) is 11.2. The quantitative estimate of drug-likeness (QED) is 0.835. The first-order valence-corrected chi connectivity index (χ1v) is 6.47. The van der Waals surface area contributed by atoms with Crippen LogP contribution in [0.25, 0.3) is 0 Å². The van der Waals surface area contributed by atoms with Gasteiger partial charge in [0, 0.05) is 36.3 Å².